The number of terminal acetylenes is 1. The Morgan fingerprint density at radius 3 is 2.93 bits per heavy atom. The van der Waals surface area contributed by atoms with Crippen LogP contribution in [0.25, 0.3) is 0 Å². The van der Waals surface area contributed by atoms with E-state index in [0.717, 1.165) is 0 Å². The van der Waals surface area contributed by atoms with Gasteiger partial charge < -0.3 is 10.3 Å². The molecule has 1 aromatic heterocycles. The Balaban J connectivity index is 2.78. The van der Waals surface area contributed by atoms with Crippen LogP contribution < -0.4 is 10.9 Å². The molecule has 2 N–H and O–H groups in total. The molecular weight excluding hydrogens is 192 g/mol. The number of hydrogen-bond acceptors (Lipinski definition) is 2. The van der Waals surface area contributed by atoms with Crippen LogP contribution in [-0.2, 0) is 0 Å². The first-order valence-electron chi connectivity index (χ1n) is 4.63. The maximum absolute atomic E-state index is 11.5. The predicted molar refractivity (Wildman–Crippen MR) is 57.4 cm³/mol. The van der Waals surface area contributed by atoms with Crippen LogP contribution in [0, 0.1) is 12.3 Å². The summed E-state index contributed by atoms with van der Waals surface area (Å²) in [5, 5.41) is 2.61. The summed E-state index contributed by atoms with van der Waals surface area (Å²) in [6, 6.07) is 4.08. The van der Waals surface area contributed by atoms with Gasteiger partial charge in [-0.1, -0.05) is 18.9 Å². The Morgan fingerprint density at radius 2 is 2.40 bits per heavy atom. The Labute approximate surface area is 87.7 Å². The van der Waals surface area contributed by atoms with Gasteiger partial charge in [-0.2, -0.15) is 0 Å². The van der Waals surface area contributed by atoms with Gasteiger partial charge in [-0.25, -0.2) is 0 Å². The van der Waals surface area contributed by atoms with Crippen LogP contribution in [0.1, 0.15) is 23.8 Å². The third-order valence-electron chi connectivity index (χ3n) is 1.93. The summed E-state index contributed by atoms with van der Waals surface area (Å²) in [4.78, 5) is 24.9. The highest BCUT2D eigenvalue weighted by molar-refractivity contribution is 5.92. The first kappa shape index (κ1) is 11.1. The van der Waals surface area contributed by atoms with Gasteiger partial charge in [-0.15, -0.1) is 6.42 Å². The summed E-state index contributed by atoms with van der Waals surface area (Å²) in [5.41, 5.74) is -0.0902. The van der Waals surface area contributed by atoms with Crippen LogP contribution in [0.2, 0.25) is 0 Å². The van der Waals surface area contributed by atoms with Gasteiger partial charge in [-0.05, 0) is 12.5 Å². The van der Waals surface area contributed by atoms with E-state index in [-0.39, 0.29) is 23.2 Å². The van der Waals surface area contributed by atoms with E-state index in [9.17, 15) is 9.59 Å². The zero-order valence-electron chi connectivity index (χ0n) is 8.41. The molecule has 0 fully saturated rings. The molecule has 0 aliphatic rings. The Kier molecular flexibility index (Phi) is 3.69. The van der Waals surface area contributed by atoms with Crippen molar-refractivity contribution in [3.63, 3.8) is 0 Å². The highest BCUT2D eigenvalue weighted by Gasteiger charge is 2.09. The topological polar surface area (TPSA) is 62.0 Å². The minimum absolute atomic E-state index is 0.219. The molecule has 4 nitrogen and oxygen atoms in total. The highest BCUT2D eigenvalue weighted by Crippen LogP contribution is 1.94. The molecule has 0 saturated carbocycles. The van der Waals surface area contributed by atoms with Crippen LogP contribution in [-0.4, -0.2) is 16.9 Å². The van der Waals surface area contributed by atoms with Gasteiger partial charge in [0.05, 0.1) is 6.04 Å². The molecule has 1 aromatic rings. The number of nitrogens with one attached hydrogen (secondary N) is 2. The van der Waals surface area contributed by atoms with Crippen LogP contribution >= 0.6 is 0 Å². The number of aromatic amines is 1. The van der Waals surface area contributed by atoms with Crippen molar-refractivity contribution >= 4 is 5.91 Å². The largest absolute Gasteiger partial charge is 0.337 e. The minimum atomic E-state index is -0.363. The van der Waals surface area contributed by atoms with E-state index in [1.54, 1.807) is 0 Å². The van der Waals surface area contributed by atoms with Gasteiger partial charge in [0, 0.05) is 6.07 Å². The third kappa shape index (κ3) is 2.99. The highest BCUT2D eigenvalue weighted by atomic mass is 16.2. The van der Waals surface area contributed by atoms with Crippen LogP contribution in [0.3, 0.4) is 0 Å². The average Bonchev–Trinajstić information content (AvgIpc) is 2.25. The summed E-state index contributed by atoms with van der Waals surface area (Å²) in [6.45, 7) is 1.87. The van der Waals surface area contributed by atoms with Crippen LogP contribution in [0.5, 0.6) is 0 Å². The molecule has 78 valence electrons. The lowest BCUT2D eigenvalue weighted by molar-refractivity contribution is 0.0940. The lowest BCUT2D eigenvalue weighted by Crippen LogP contribution is -2.34. The molecule has 1 amide bonds. The molecule has 1 rings (SSSR count). The fourth-order valence-corrected chi connectivity index (χ4v) is 1.08. The van der Waals surface area contributed by atoms with Crippen LogP contribution in [0.15, 0.2) is 23.0 Å². The number of H-pyrrole nitrogens is 1. The maximum atomic E-state index is 11.5. The first-order valence-corrected chi connectivity index (χ1v) is 4.63. The van der Waals surface area contributed by atoms with Gasteiger partial charge in [0.1, 0.15) is 5.69 Å². The van der Waals surface area contributed by atoms with Gasteiger partial charge in [-0.3, -0.25) is 9.59 Å². The standard InChI is InChI=1S/C11H12N2O2/c1-3-8(4-2)12-11(15)9-6-5-7-10(14)13-9/h1,5-8H,4H2,2H3,(H,12,15)(H,13,14). The number of amides is 1. The SMILES string of the molecule is C#CC(CC)NC(=O)c1cccc(=O)[nH]1. The molecule has 1 heterocycles. The van der Waals surface area contributed by atoms with E-state index < -0.39 is 0 Å². The molecule has 1 unspecified atom stereocenters. The molecule has 0 saturated heterocycles. The zero-order chi connectivity index (χ0) is 11.3. The van der Waals surface area contributed by atoms with Crippen molar-refractivity contribution in [1.82, 2.24) is 10.3 Å². The molecule has 0 aliphatic heterocycles. The fourth-order valence-electron chi connectivity index (χ4n) is 1.08. The number of carbonyl (C=O) groups excluding carboxylic acids is 1. The van der Waals surface area contributed by atoms with Gasteiger partial charge in [0.2, 0.25) is 5.56 Å². The molecule has 15 heavy (non-hydrogen) atoms. The minimum Gasteiger partial charge on any atom is -0.337 e. The lowest BCUT2D eigenvalue weighted by atomic mass is 10.2. The molecular formula is C11H12N2O2. The number of carbonyl (C=O) groups is 1. The van der Waals surface area contributed by atoms with E-state index in [0.29, 0.717) is 6.42 Å². The monoisotopic (exact) mass is 204 g/mol. The smallest absolute Gasteiger partial charge is 0.268 e. The number of aromatic nitrogens is 1. The van der Waals surface area contributed by atoms with Gasteiger partial charge in [0.15, 0.2) is 0 Å². The maximum Gasteiger partial charge on any atom is 0.268 e. The van der Waals surface area contributed by atoms with Gasteiger partial charge >= 0.3 is 0 Å². The molecule has 4 heteroatoms. The Morgan fingerprint density at radius 1 is 1.67 bits per heavy atom. The van der Waals surface area contributed by atoms with Crippen LogP contribution in [0.4, 0.5) is 0 Å². The molecule has 0 radical (unpaired) electrons. The lowest BCUT2D eigenvalue weighted by Gasteiger charge is -2.09. The molecule has 0 bridgehead atoms. The molecule has 0 aliphatic carbocycles. The van der Waals surface area contributed by atoms with Crippen molar-refractivity contribution in [1.29, 1.82) is 0 Å². The predicted octanol–water partition coefficient (Wildman–Crippen LogP) is 0.517. The van der Waals surface area contributed by atoms with E-state index >= 15 is 0 Å². The van der Waals surface area contributed by atoms with Crippen molar-refractivity contribution < 1.29 is 4.79 Å². The average molecular weight is 204 g/mol. The summed E-state index contributed by atoms with van der Waals surface area (Å²) >= 11 is 0. The summed E-state index contributed by atoms with van der Waals surface area (Å²) in [5.74, 6) is 2.08. The number of rotatable bonds is 3. The van der Waals surface area contributed by atoms with Crippen molar-refractivity contribution in [3.8, 4) is 12.3 Å². The van der Waals surface area contributed by atoms with Crippen molar-refractivity contribution in [3.05, 3.63) is 34.2 Å². The second kappa shape index (κ2) is 5.01. The van der Waals surface area contributed by atoms with Crippen molar-refractivity contribution in [2.75, 3.05) is 0 Å². The molecule has 0 spiro atoms. The Hall–Kier alpha value is -2.02. The fraction of sp³-hybridized carbons (Fsp3) is 0.273. The second-order valence-corrected chi connectivity index (χ2v) is 3.03. The summed E-state index contributed by atoms with van der Waals surface area (Å²) in [7, 11) is 0. The quantitative estimate of drug-likeness (QED) is 0.705. The van der Waals surface area contributed by atoms with E-state index in [2.05, 4.69) is 16.2 Å². The molecule has 0 aromatic carbocycles. The van der Waals surface area contributed by atoms with Crippen molar-refractivity contribution in [2.45, 2.75) is 19.4 Å². The summed E-state index contributed by atoms with van der Waals surface area (Å²) in [6.07, 6.45) is 5.85. The first-order chi connectivity index (χ1) is 7.17. The normalized spacial score (nSPS) is 11.5. The van der Waals surface area contributed by atoms with Crippen molar-refractivity contribution in [2.24, 2.45) is 0 Å². The Bertz CT molecular complexity index is 442. The van der Waals surface area contributed by atoms with Gasteiger partial charge in [0.25, 0.3) is 5.91 Å². The van der Waals surface area contributed by atoms with E-state index in [4.69, 9.17) is 6.42 Å². The summed E-state index contributed by atoms with van der Waals surface area (Å²) < 4.78 is 0. The third-order valence-corrected chi connectivity index (χ3v) is 1.93. The zero-order valence-corrected chi connectivity index (χ0v) is 8.41. The van der Waals surface area contributed by atoms with E-state index in [1.165, 1.54) is 18.2 Å². The second-order valence-electron chi connectivity index (χ2n) is 3.03. The van der Waals surface area contributed by atoms with E-state index in [1.807, 2.05) is 6.92 Å². The molecule has 1 atom stereocenters. The number of pyridine rings is 1. The number of hydrogen-bond donors (Lipinski definition) is 2.